The first kappa shape index (κ1) is 18.5. The smallest absolute Gasteiger partial charge is 0.210 e. The van der Waals surface area contributed by atoms with Crippen molar-refractivity contribution in [3.63, 3.8) is 0 Å². The van der Waals surface area contributed by atoms with Crippen LogP contribution in [0.1, 0.15) is 5.82 Å². The van der Waals surface area contributed by atoms with Gasteiger partial charge in [-0.25, -0.2) is 9.97 Å². The Hall–Kier alpha value is -3.51. The van der Waals surface area contributed by atoms with E-state index in [1.165, 1.54) is 0 Å². The van der Waals surface area contributed by atoms with Crippen molar-refractivity contribution in [1.82, 2.24) is 24.7 Å². The Morgan fingerprint density at radius 1 is 0.700 bits per heavy atom. The summed E-state index contributed by atoms with van der Waals surface area (Å²) >= 11 is 1.55. The van der Waals surface area contributed by atoms with Gasteiger partial charge >= 0.3 is 0 Å². The number of imidazole rings is 1. The van der Waals surface area contributed by atoms with Gasteiger partial charge in [-0.1, -0.05) is 84.6 Å². The van der Waals surface area contributed by atoms with Crippen molar-refractivity contribution in [1.29, 1.82) is 0 Å². The lowest BCUT2D eigenvalue weighted by molar-refractivity contribution is 0.841. The van der Waals surface area contributed by atoms with Crippen LogP contribution in [0.5, 0.6) is 0 Å². The van der Waals surface area contributed by atoms with Gasteiger partial charge in [0, 0.05) is 18.2 Å². The van der Waals surface area contributed by atoms with Crippen molar-refractivity contribution in [2.24, 2.45) is 7.05 Å². The molecule has 2 aromatic heterocycles. The normalized spacial score (nSPS) is 11.1. The molecule has 3 aromatic carbocycles. The molecule has 0 bridgehead atoms. The molecule has 0 saturated heterocycles. The maximum absolute atomic E-state index is 4.87. The monoisotopic (exact) mass is 409 g/mol. The van der Waals surface area contributed by atoms with Crippen LogP contribution in [0.3, 0.4) is 0 Å². The minimum atomic E-state index is 0.639. The standard InChI is InChI=1S/C24H19N5S/c1-29-20-15-9-8-14-19(20)25-21(29)16-30-24-26-22(17-10-4-2-5-11-17)23(27-28-24)18-12-6-3-7-13-18/h2-15H,16H2,1H3. The number of thioether (sulfide) groups is 1. The fourth-order valence-electron chi connectivity index (χ4n) is 3.41. The lowest BCUT2D eigenvalue weighted by atomic mass is 10.0. The van der Waals surface area contributed by atoms with Crippen LogP contribution in [-0.4, -0.2) is 24.7 Å². The molecule has 0 aliphatic rings. The number of rotatable bonds is 5. The molecule has 5 aromatic rings. The van der Waals surface area contributed by atoms with Crippen LogP contribution in [0.25, 0.3) is 33.5 Å². The summed E-state index contributed by atoms with van der Waals surface area (Å²) in [5.74, 6) is 1.66. The highest BCUT2D eigenvalue weighted by Crippen LogP contribution is 2.30. The molecule has 30 heavy (non-hydrogen) atoms. The van der Waals surface area contributed by atoms with Crippen molar-refractivity contribution >= 4 is 22.8 Å². The second-order valence-corrected chi connectivity index (χ2v) is 7.83. The number of fused-ring (bicyclic) bond motifs is 1. The molecule has 5 nitrogen and oxygen atoms in total. The summed E-state index contributed by atoms with van der Waals surface area (Å²) in [6.07, 6.45) is 0. The molecule has 0 spiro atoms. The Labute approximate surface area is 178 Å². The van der Waals surface area contributed by atoms with E-state index in [-0.39, 0.29) is 0 Å². The highest BCUT2D eigenvalue weighted by atomic mass is 32.2. The van der Waals surface area contributed by atoms with Gasteiger partial charge in [-0.15, -0.1) is 10.2 Å². The second-order valence-electron chi connectivity index (χ2n) is 6.89. The third-order valence-electron chi connectivity index (χ3n) is 4.97. The molecular weight excluding hydrogens is 390 g/mol. The lowest BCUT2D eigenvalue weighted by Crippen LogP contribution is -2.01. The average molecular weight is 410 g/mol. The quantitative estimate of drug-likeness (QED) is 0.365. The van der Waals surface area contributed by atoms with Crippen LogP contribution in [0.2, 0.25) is 0 Å². The van der Waals surface area contributed by atoms with E-state index in [0.717, 1.165) is 39.4 Å². The number of para-hydroxylation sites is 2. The van der Waals surface area contributed by atoms with Gasteiger partial charge in [-0.2, -0.15) is 0 Å². The SMILES string of the molecule is Cn1c(CSc2nnc(-c3ccccc3)c(-c3ccccc3)n2)nc2ccccc21. The number of nitrogens with zero attached hydrogens (tertiary/aromatic N) is 5. The molecule has 0 aliphatic heterocycles. The van der Waals surface area contributed by atoms with E-state index in [4.69, 9.17) is 9.97 Å². The van der Waals surface area contributed by atoms with Crippen LogP contribution in [-0.2, 0) is 12.8 Å². The van der Waals surface area contributed by atoms with Crippen LogP contribution < -0.4 is 0 Å². The summed E-state index contributed by atoms with van der Waals surface area (Å²) in [5.41, 5.74) is 5.77. The Morgan fingerprint density at radius 2 is 1.33 bits per heavy atom. The maximum Gasteiger partial charge on any atom is 0.210 e. The highest BCUT2D eigenvalue weighted by molar-refractivity contribution is 7.98. The topological polar surface area (TPSA) is 56.5 Å². The van der Waals surface area contributed by atoms with E-state index in [9.17, 15) is 0 Å². The zero-order chi connectivity index (χ0) is 20.3. The van der Waals surface area contributed by atoms with E-state index < -0.39 is 0 Å². The molecule has 0 fully saturated rings. The largest absolute Gasteiger partial charge is 0.330 e. The van der Waals surface area contributed by atoms with Gasteiger partial charge in [0.15, 0.2) is 0 Å². The molecule has 0 unspecified atom stereocenters. The van der Waals surface area contributed by atoms with E-state index in [1.807, 2.05) is 73.8 Å². The Morgan fingerprint density at radius 3 is 2.03 bits per heavy atom. The molecule has 0 aliphatic carbocycles. The molecule has 5 rings (SSSR count). The predicted octanol–water partition coefficient (Wildman–Crippen LogP) is 5.38. The molecule has 0 N–H and O–H groups in total. The third kappa shape index (κ3) is 3.57. The van der Waals surface area contributed by atoms with E-state index in [1.54, 1.807) is 11.8 Å². The second kappa shape index (κ2) is 8.08. The zero-order valence-corrected chi connectivity index (χ0v) is 17.3. The van der Waals surface area contributed by atoms with Gasteiger partial charge in [-0.3, -0.25) is 0 Å². The maximum atomic E-state index is 4.87. The van der Waals surface area contributed by atoms with Crippen molar-refractivity contribution in [3.05, 3.63) is 90.8 Å². The van der Waals surface area contributed by atoms with Gasteiger partial charge in [-0.05, 0) is 12.1 Å². The van der Waals surface area contributed by atoms with E-state index >= 15 is 0 Å². The summed E-state index contributed by atoms with van der Waals surface area (Å²) in [4.78, 5) is 9.61. The average Bonchev–Trinajstić information content (AvgIpc) is 3.14. The van der Waals surface area contributed by atoms with Crippen LogP contribution in [0.4, 0.5) is 0 Å². The first-order valence-corrected chi connectivity index (χ1v) is 10.7. The number of hydrogen-bond acceptors (Lipinski definition) is 5. The first-order chi connectivity index (χ1) is 14.8. The number of hydrogen-bond donors (Lipinski definition) is 0. The first-order valence-electron chi connectivity index (χ1n) is 9.68. The van der Waals surface area contributed by atoms with Gasteiger partial charge in [0.05, 0.1) is 16.8 Å². The van der Waals surface area contributed by atoms with E-state index in [2.05, 4.69) is 33.0 Å². The molecule has 0 radical (unpaired) electrons. The van der Waals surface area contributed by atoms with Crippen molar-refractivity contribution in [2.75, 3.05) is 0 Å². The van der Waals surface area contributed by atoms with Crippen LogP contribution in [0.15, 0.2) is 90.1 Å². The van der Waals surface area contributed by atoms with Crippen LogP contribution in [0, 0.1) is 0 Å². The zero-order valence-electron chi connectivity index (χ0n) is 16.4. The van der Waals surface area contributed by atoms with Crippen molar-refractivity contribution < 1.29 is 0 Å². The minimum Gasteiger partial charge on any atom is -0.330 e. The Bertz CT molecular complexity index is 1300. The van der Waals surface area contributed by atoms with E-state index in [0.29, 0.717) is 10.9 Å². The summed E-state index contributed by atoms with van der Waals surface area (Å²) in [7, 11) is 2.04. The summed E-state index contributed by atoms with van der Waals surface area (Å²) < 4.78 is 2.12. The van der Waals surface area contributed by atoms with Gasteiger partial charge in [0.1, 0.15) is 17.2 Å². The molecule has 6 heteroatoms. The summed E-state index contributed by atoms with van der Waals surface area (Å²) in [6.45, 7) is 0. The predicted molar refractivity (Wildman–Crippen MR) is 121 cm³/mol. The molecule has 0 atom stereocenters. The fourth-order valence-corrected chi connectivity index (χ4v) is 4.18. The molecule has 2 heterocycles. The van der Waals surface area contributed by atoms with Crippen molar-refractivity contribution in [2.45, 2.75) is 10.9 Å². The van der Waals surface area contributed by atoms with Crippen LogP contribution >= 0.6 is 11.8 Å². The number of benzene rings is 3. The van der Waals surface area contributed by atoms with Crippen molar-refractivity contribution in [3.8, 4) is 22.5 Å². The Kier molecular flexibility index (Phi) is 4.99. The summed E-state index contributed by atoms with van der Waals surface area (Å²) in [6, 6.07) is 28.3. The molecule has 0 saturated carbocycles. The van der Waals surface area contributed by atoms with Gasteiger partial charge < -0.3 is 4.57 Å². The third-order valence-corrected chi connectivity index (χ3v) is 5.81. The Balaban J connectivity index is 1.49. The number of aromatic nitrogens is 5. The van der Waals surface area contributed by atoms with Gasteiger partial charge in [0.25, 0.3) is 0 Å². The van der Waals surface area contributed by atoms with Gasteiger partial charge in [0.2, 0.25) is 5.16 Å². The fraction of sp³-hybridized carbons (Fsp3) is 0.0833. The molecular formula is C24H19N5S. The molecule has 146 valence electrons. The summed E-state index contributed by atoms with van der Waals surface area (Å²) in [5, 5.41) is 9.59. The highest BCUT2D eigenvalue weighted by Gasteiger charge is 2.15. The lowest BCUT2D eigenvalue weighted by Gasteiger charge is -2.09. The minimum absolute atomic E-state index is 0.639. The number of aryl methyl sites for hydroxylation is 1. The molecule has 0 amide bonds.